The van der Waals surface area contributed by atoms with Crippen LogP contribution in [0.25, 0.3) is 11.0 Å². The molecule has 0 aliphatic carbocycles. The van der Waals surface area contributed by atoms with Gasteiger partial charge in [0.25, 0.3) is 0 Å². The van der Waals surface area contributed by atoms with Gasteiger partial charge in [-0.05, 0) is 64.1 Å². The second kappa shape index (κ2) is 7.26. The highest BCUT2D eigenvalue weighted by molar-refractivity contribution is 5.75. The van der Waals surface area contributed by atoms with Gasteiger partial charge >= 0.3 is 0 Å². The number of nitrogens with one attached hydrogen (secondary N) is 2. The van der Waals surface area contributed by atoms with Crippen LogP contribution in [0.15, 0.2) is 24.5 Å². The molecule has 0 radical (unpaired) electrons. The molecule has 0 amide bonds. The van der Waals surface area contributed by atoms with E-state index in [4.69, 9.17) is 0 Å². The summed E-state index contributed by atoms with van der Waals surface area (Å²) in [5, 5.41) is 3.19. The lowest BCUT2D eigenvalue weighted by atomic mass is 10.1. The van der Waals surface area contributed by atoms with E-state index in [0.29, 0.717) is 0 Å². The minimum absolute atomic E-state index is 1.05. The monoisotopic (exact) mass is 260 g/mol. The summed E-state index contributed by atoms with van der Waals surface area (Å²) in [6, 6.07) is 6.48. The van der Waals surface area contributed by atoms with E-state index in [1.165, 1.54) is 24.9 Å². The molecule has 1 aromatic heterocycles. The fourth-order valence-electron chi connectivity index (χ4n) is 2.25. The van der Waals surface area contributed by atoms with Crippen LogP contribution >= 0.6 is 0 Å². The zero-order valence-corrected chi connectivity index (χ0v) is 11.9. The van der Waals surface area contributed by atoms with Gasteiger partial charge in [0.15, 0.2) is 0 Å². The molecule has 0 bridgehead atoms. The van der Waals surface area contributed by atoms with Gasteiger partial charge in [-0.3, -0.25) is 0 Å². The molecule has 4 nitrogen and oxygen atoms in total. The normalized spacial score (nSPS) is 11.5. The Morgan fingerprint density at radius 3 is 3.00 bits per heavy atom. The molecule has 0 saturated heterocycles. The molecule has 2 aromatic rings. The Bertz CT molecular complexity index is 492. The van der Waals surface area contributed by atoms with Crippen LogP contribution in [-0.2, 0) is 6.42 Å². The summed E-state index contributed by atoms with van der Waals surface area (Å²) in [5.74, 6) is 0. The van der Waals surface area contributed by atoms with Gasteiger partial charge < -0.3 is 15.2 Å². The van der Waals surface area contributed by atoms with Crippen LogP contribution in [0.2, 0.25) is 0 Å². The average molecular weight is 260 g/mol. The van der Waals surface area contributed by atoms with Crippen LogP contribution in [0.5, 0.6) is 0 Å². The van der Waals surface area contributed by atoms with Gasteiger partial charge in [0.05, 0.1) is 17.4 Å². The first-order chi connectivity index (χ1) is 9.29. The maximum absolute atomic E-state index is 4.24. The smallest absolute Gasteiger partial charge is 0.0931 e. The maximum Gasteiger partial charge on any atom is 0.0931 e. The van der Waals surface area contributed by atoms with E-state index in [2.05, 4.69) is 45.4 Å². The molecule has 104 valence electrons. The van der Waals surface area contributed by atoms with Crippen LogP contribution in [0.1, 0.15) is 18.4 Å². The summed E-state index contributed by atoms with van der Waals surface area (Å²) in [7, 11) is 4.21. The number of likely N-dealkylation sites (N-methyl/N-ethyl adjacent to an activating group) is 1. The van der Waals surface area contributed by atoms with Gasteiger partial charge in [0, 0.05) is 6.54 Å². The van der Waals surface area contributed by atoms with E-state index in [9.17, 15) is 0 Å². The van der Waals surface area contributed by atoms with Gasteiger partial charge in [-0.25, -0.2) is 4.98 Å². The quantitative estimate of drug-likeness (QED) is 0.714. The first kappa shape index (κ1) is 14.0. The lowest BCUT2D eigenvalue weighted by molar-refractivity contribution is 0.329. The van der Waals surface area contributed by atoms with Gasteiger partial charge in [0.2, 0.25) is 0 Å². The zero-order valence-electron chi connectivity index (χ0n) is 11.9. The summed E-state index contributed by atoms with van der Waals surface area (Å²) in [4.78, 5) is 9.81. The van der Waals surface area contributed by atoms with E-state index < -0.39 is 0 Å². The molecule has 4 heteroatoms. The summed E-state index contributed by atoms with van der Waals surface area (Å²) in [5.41, 5.74) is 3.55. The minimum Gasteiger partial charge on any atom is -0.345 e. The Balaban J connectivity index is 1.74. The van der Waals surface area contributed by atoms with Crippen molar-refractivity contribution in [2.75, 3.05) is 33.7 Å². The molecule has 1 heterocycles. The Labute approximate surface area is 115 Å². The summed E-state index contributed by atoms with van der Waals surface area (Å²) in [6.45, 7) is 3.40. The fourth-order valence-corrected chi connectivity index (χ4v) is 2.25. The number of benzene rings is 1. The van der Waals surface area contributed by atoms with Crippen molar-refractivity contribution in [2.45, 2.75) is 19.3 Å². The third-order valence-electron chi connectivity index (χ3n) is 3.48. The molecule has 0 aliphatic rings. The Morgan fingerprint density at radius 2 is 2.16 bits per heavy atom. The van der Waals surface area contributed by atoms with Crippen molar-refractivity contribution in [3.05, 3.63) is 30.1 Å². The third kappa shape index (κ3) is 4.33. The molecule has 0 atom stereocenters. The highest BCUT2D eigenvalue weighted by Gasteiger charge is 2.01. The van der Waals surface area contributed by atoms with Crippen molar-refractivity contribution in [1.29, 1.82) is 0 Å². The molecular weight excluding hydrogens is 236 g/mol. The van der Waals surface area contributed by atoms with Gasteiger partial charge in [-0.1, -0.05) is 6.07 Å². The number of H-pyrrole nitrogens is 1. The Morgan fingerprint density at radius 1 is 1.26 bits per heavy atom. The molecule has 2 N–H and O–H groups in total. The molecule has 1 aromatic carbocycles. The maximum atomic E-state index is 4.24. The predicted octanol–water partition coefficient (Wildman–Crippen LogP) is 2.04. The third-order valence-corrected chi connectivity index (χ3v) is 3.48. The minimum atomic E-state index is 1.05. The number of hydrogen-bond acceptors (Lipinski definition) is 3. The van der Waals surface area contributed by atoms with Crippen molar-refractivity contribution in [2.24, 2.45) is 0 Å². The number of hydrogen-bond donors (Lipinski definition) is 2. The number of unbranched alkanes of at least 4 members (excludes halogenated alkanes) is 1. The standard InChI is InChI=1S/C15H24N4/c1-16-8-3-4-9-19(2)10-7-13-5-6-14-15(11-13)18-12-17-14/h5-6,11-12,16H,3-4,7-10H2,1-2H3,(H,17,18). The number of fused-ring (bicyclic) bond motifs is 1. The first-order valence-electron chi connectivity index (χ1n) is 7.05. The van der Waals surface area contributed by atoms with Crippen LogP contribution in [-0.4, -0.2) is 48.6 Å². The average Bonchev–Trinajstić information content (AvgIpc) is 2.89. The number of aromatic amines is 1. The molecule has 0 aliphatic heterocycles. The molecule has 0 fully saturated rings. The van der Waals surface area contributed by atoms with Crippen molar-refractivity contribution in [3.8, 4) is 0 Å². The summed E-state index contributed by atoms with van der Waals surface area (Å²) >= 11 is 0. The van der Waals surface area contributed by atoms with E-state index in [1.807, 2.05) is 7.05 Å². The lowest BCUT2D eigenvalue weighted by Gasteiger charge is -2.16. The number of rotatable bonds is 8. The number of nitrogens with zero attached hydrogens (tertiary/aromatic N) is 2. The van der Waals surface area contributed by atoms with Gasteiger partial charge in [-0.2, -0.15) is 0 Å². The topological polar surface area (TPSA) is 44.0 Å². The Kier molecular flexibility index (Phi) is 5.36. The predicted molar refractivity (Wildman–Crippen MR) is 80.5 cm³/mol. The molecule has 0 saturated carbocycles. The number of imidazole rings is 1. The fraction of sp³-hybridized carbons (Fsp3) is 0.533. The van der Waals surface area contributed by atoms with Crippen LogP contribution in [0.4, 0.5) is 0 Å². The zero-order chi connectivity index (χ0) is 13.5. The lowest BCUT2D eigenvalue weighted by Crippen LogP contribution is -2.23. The van der Waals surface area contributed by atoms with Crippen molar-refractivity contribution < 1.29 is 0 Å². The molecule has 2 rings (SSSR count). The van der Waals surface area contributed by atoms with E-state index in [-0.39, 0.29) is 0 Å². The molecular formula is C15H24N4. The van der Waals surface area contributed by atoms with E-state index >= 15 is 0 Å². The Hall–Kier alpha value is -1.39. The second-order valence-electron chi connectivity index (χ2n) is 5.12. The highest BCUT2D eigenvalue weighted by Crippen LogP contribution is 2.12. The summed E-state index contributed by atoms with van der Waals surface area (Å²) in [6.07, 6.45) is 5.36. The SMILES string of the molecule is CNCCCCN(C)CCc1ccc2nc[nH]c2c1. The highest BCUT2D eigenvalue weighted by atomic mass is 15.1. The van der Waals surface area contributed by atoms with Crippen molar-refractivity contribution in [1.82, 2.24) is 20.2 Å². The van der Waals surface area contributed by atoms with Crippen molar-refractivity contribution in [3.63, 3.8) is 0 Å². The van der Waals surface area contributed by atoms with E-state index in [0.717, 1.165) is 30.5 Å². The molecule has 19 heavy (non-hydrogen) atoms. The largest absolute Gasteiger partial charge is 0.345 e. The first-order valence-corrected chi connectivity index (χ1v) is 7.05. The second-order valence-corrected chi connectivity index (χ2v) is 5.12. The van der Waals surface area contributed by atoms with Crippen LogP contribution < -0.4 is 5.32 Å². The molecule has 0 spiro atoms. The van der Waals surface area contributed by atoms with Crippen LogP contribution in [0.3, 0.4) is 0 Å². The number of aromatic nitrogens is 2. The van der Waals surface area contributed by atoms with Crippen molar-refractivity contribution >= 4 is 11.0 Å². The van der Waals surface area contributed by atoms with Gasteiger partial charge in [-0.15, -0.1) is 0 Å². The van der Waals surface area contributed by atoms with Gasteiger partial charge in [0.1, 0.15) is 0 Å². The molecule has 0 unspecified atom stereocenters. The summed E-state index contributed by atoms with van der Waals surface area (Å²) < 4.78 is 0. The van der Waals surface area contributed by atoms with E-state index in [1.54, 1.807) is 6.33 Å². The van der Waals surface area contributed by atoms with Crippen LogP contribution in [0, 0.1) is 0 Å².